The summed E-state index contributed by atoms with van der Waals surface area (Å²) in [6.07, 6.45) is 1.87. The van der Waals surface area contributed by atoms with Crippen molar-refractivity contribution in [3.63, 3.8) is 0 Å². The molecule has 0 fully saturated rings. The number of nitrogens with one attached hydrogen (secondary N) is 1. The normalized spacial score (nSPS) is 11.6. The van der Waals surface area contributed by atoms with Gasteiger partial charge in [0.2, 0.25) is 5.91 Å². The Kier molecular flexibility index (Phi) is 5.97. The molecule has 0 aliphatic rings. The zero-order valence-electron chi connectivity index (χ0n) is 12.1. The molecule has 0 aromatic heterocycles. The van der Waals surface area contributed by atoms with Crippen molar-refractivity contribution in [2.75, 3.05) is 6.54 Å². The van der Waals surface area contributed by atoms with E-state index in [4.69, 9.17) is 0 Å². The Morgan fingerprint density at radius 2 is 1.85 bits per heavy atom. The van der Waals surface area contributed by atoms with Crippen LogP contribution in [-0.2, 0) is 16.0 Å². The number of carboxylic acids is 1. The first-order chi connectivity index (χ1) is 9.38. The van der Waals surface area contributed by atoms with Crippen LogP contribution < -0.4 is 5.32 Å². The predicted octanol–water partition coefficient (Wildman–Crippen LogP) is 2.32. The second-order valence-corrected chi connectivity index (χ2v) is 5.19. The van der Waals surface area contributed by atoms with Crippen molar-refractivity contribution < 1.29 is 14.7 Å². The topological polar surface area (TPSA) is 66.4 Å². The first-order valence-electron chi connectivity index (χ1n) is 6.59. The van der Waals surface area contributed by atoms with Gasteiger partial charge in [0, 0.05) is 12.6 Å². The molecule has 2 N–H and O–H groups in total. The van der Waals surface area contributed by atoms with Crippen LogP contribution >= 0.6 is 0 Å². The van der Waals surface area contributed by atoms with Crippen LogP contribution in [0.3, 0.4) is 0 Å². The van der Waals surface area contributed by atoms with Gasteiger partial charge in [0.1, 0.15) is 0 Å². The highest BCUT2D eigenvalue weighted by Crippen LogP contribution is 2.10. The first kappa shape index (κ1) is 16.0. The molecule has 0 saturated heterocycles. The molecule has 4 nitrogen and oxygen atoms in total. The number of allylic oxidation sites excluding steroid dienone is 1. The molecular formula is C16H21NO3. The van der Waals surface area contributed by atoms with Gasteiger partial charge in [-0.2, -0.15) is 0 Å². The van der Waals surface area contributed by atoms with Crippen LogP contribution in [0.2, 0.25) is 0 Å². The molecule has 1 aromatic rings. The number of benzene rings is 1. The van der Waals surface area contributed by atoms with E-state index in [0.717, 1.165) is 16.7 Å². The highest BCUT2D eigenvalue weighted by Gasteiger charge is 2.18. The fourth-order valence-electron chi connectivity index (χ4n) is 1.79. The first-order valence-corrected chi connectivity index (χ1v) is 6.59. The second-order valence-electron chi connectivity index (χ2n) is 5.19. The van der Waals surface area contributed by atoms with Crippen molar-refractivity contribution in [2.24, 2.45) is 5.92 Å². The highest BCUT2D eigenvalue weighted by atomic mass is 16.4. The Morgan fingerprint density at radius 3 is 2.35 bits per heavy atom. The van der Waals surface area contributed by atoms with E-state index in [0.29, 0.717) is 6.42 Å². The Hall–Kier alpha value is -2.10. The Balaban J connectivity index is 2.61. The second kappa shape index (κ2) is 7.48. The number of hydrogen-bond donors (Lipinski definition) is 2. The van der Waals surface area contributed by atoms with E-state index in [2.05, 4.69) is 5.32 Å². The molecule has 0 heterocycles. The van der Waals surface area contributed by atoms with Gasteiger partial charge in [0.05, 0.1) is 5.92 Å². The number of hydrogen-bond acceptors (Lipinski definition) is 2. The number of aryl methyl sites for hydroxylation is 1. The van der Waals surface area contributed by atoms with Crippen LogP contribution in [0.4, 0.5) is 0 Å². The summed E-state index contributed by atoms with van der Waals surface area (Å²) in [4.78, 5) is 22.7. The molecule has 4 heteroatoms. The van der Waals surface area contributed by atoms with E-state index < -0.39 is 11.9 Å². The summed E-state index contributed by atoms with van der Waals surface area (Å²) in [5.74, 6) is -1.77. The smallest absolute Gasteiger partial charge is 0.308 e. The van der Waals surface area contributed by atoms with Crippen molar-refractivity contribution in [3.05, 3.63) is 47.0 Å². The van der Waals surface area contributed by atoms with Gasteiger partial charge in [-0.25, -0.2) is 0 Å². The number of rotatable bonds is 6. The SMILES string of the molecule is CC(C)=CC(=O)NCC(Cc1ccc(C)cc1)C(=O)O. The van der Waals surface area contributed by atoms with Crippen LogP contribution in [0.15, 0.2) is 35.9 Å². The van der Waals surface area contributed by atoms with Gasteiger partial charge in [-0.1, -0.05) is 35.4 Å². The molecule has 0 saturated carbocycles. The summed E-state index contributed by atoms with van der Waals surface area (Å²) in [5, 5.41) is 11.8. The van der Waals surface area contributed by atoms with E-state index in [1.54, 1.807) is 0 Å². The summed E-state index contributed by atoms with van der Waals surface area (Å²) in [5.41, 5.74) is 2.98. The molecule has 0 aliphatic carbocycles. The van der Waals surface area contributed by atoms with E-state index in [1.807, 2.05) is 45.0 Å². The fourth-order valence-corrected chi connectivity index (χ4v) is 1.79. The number of amides is 1. The lowest BCUT2D eigenvalue weighted by Gasteiger charge is -2.13. The van der Waals surface area contributed by atoms with Gasteiger partial charge >= 0.3 is 5.97 Å². The lowest BCUT2D eigenvalue weighted by Crippen LogP contribution is -2.33. The van der Waals surface area contributed by atoms with E-state index in [-0.39, 0.29) is 12.5 Å². The van der Waals surface area contributed by atoms with Crippen molar-refractivity contribution in [2.45, 2.75) is 27.2 Å². The molecule has 0 aliphatic heterocycles. The lowest BCUT2D eigenvalue weighted by atomic mass is 9.98. The van der Waals surface area contributed by atoms with E-state index >= 15 is 0 Å². The third-order valence-electron chi connectivity index (χ3n) is 2.89. The minimum atomic E-state index is -0.900. The average molecular weight is 275 g/mol. The van der Waals surface area contributed by atoms with Crippen LogP contribution in [-0.4, -0.2) is 23.5 Å². The number of carboxylic acid groups (broad SMARTS) is 1. The minimum absolute atomic E-state index is 0.131. The van der Waals surface area contributed by atoms with Gasteiger partial charge in [-0.05, 0) is 32.8 Å². The van der Waals surface area contributed by atoms with Crippen molar-refractivity contribution in [3.8, 4) is 0 Å². The number of carbonyl (C=O) groups is 2. The fraction of sp³-hybridized carbons (Fsp3) is 0.375. The zero-order valence-corrected chi connectivity index (χ0v) is 12.1. The summed E-state index contributed by atoms with van der Waals surface area (Å²) in [6.45, 7) is 5.76. The molecule has 1 aromatic carbocycles. The van der Waals surface area contributed by atoms with E-state index in [1.165, 1.54) is 6.08 Å². The quantitative estimate of drug-likeness (QED) is 0.783. The lowest BCUT2D eigenvalue weighted by molar-refractivity contribution is -0.141. The standard InChI is InChI=1S/C16H21NO3/c1-11(2)8-15(18)17-10-14(16(19)20)9-13-6-4-12(3)5-7-13/h4-8,14H,9-10H2,1-3H3,(H,17,18)(H,19,20). The molecule has 1 atom stereocenters. The van der Waals surface area contributed by atoms with Crippen LogP contribution in [0.5, 0.6) is 0 Å². The maximum atomic E-state index is 11.5. The van der Waals surface area contributed by atoms with Gasteiger partial charge < -0.3 is 10.4 Å². The Morgan fingerprint density at radius 1 is 1.25 bits per heavy atom. The molecule has 1 rings (SSSR count). The average Bonchev–Trinajstić information content (AvgIpc) is 2.35. The summed E-state index contributed by atoms with van der Waals surface area (Å²) in [6, 6.07) is 7.75. The van der Waals surface area contributed by atoms with Gasteiger partial charge in [-0.3, -0.25) is 9.59 Å². The third kappa shape index (κ3) is 5.69. The monoisotopic (exact) mass is 275 g/mol. The van der Waals surface area contributed by atoms with Gasteiger partial charge in [0.25, 0.3) is 0 Å². The molecule has 0 radical (unpaired) electrons. The predicted molar refractivity (Wildman–Crippen MR) is 78.4 cm³/mol. The van der Waals surface area contributed by atoms with Crippen LogP contribution in [0.25, 0.3) is 0 Å². The maximum absolute atomic E-state index is 11.5. The summed E-state index contributed by atoms with van der Waals surface area (Å²) >= 11 is 0. The minimum Gasteiger partial charge on any atom is -0.481 e. The number of aliphatic carboxylic acids is 1. The third-order valence-corrected chi connectivity index (χ3v) is 2.89. The summed E-state index contributed by atoms with van der Waals surface area (Å²) < 4.78 is 0. The Bertz CT molecular complexity index is 499. The maximum Gasteiger partial charge on any atom is 0.308 e. The zero-order chi connectivity index (χ0) is 15.1. The van der Waals surface area contributed by atoms with Gasteiger partial charge in [0.15, 0.2) is 0 Å². The largest absolute Gasteiger partial charge is 0.481 e. The van der Waals surface area contributed by atoms with Gasteiger partial charge in [-0.15, -0.1) is 0 Å². The van der Waals surface area contributed by atoms with Crippen molar-refractivity contribution in [1.82, 2.24) is 5.32 Å². The molecule has 1 unspecified atom stereocenters. The number of carbonyl (C=O) groups excluding carboxylic acids is 1. The molecular weight excluding hydrogens is 254 g/mol. The highest BCUT2D eigenvalue weighted by molar-refractivity contribution is 5.88. The summed E-state index contributed by atoms with van der Waals surface area (Å²) in [7, 11) is 0. The molecule has 0 bridgehead atoms. The molecule has 0 spiro atoms. The van der Waals surface area contributed by atoms with Crippen LogP contribution in [0, 0.1) is 12.8 Å². The molecule has 20 heavy (non-hydrogen) atoms. The van der Waals surface area contributed by atoms with Crippen LogP contribution in [0.1, 0.15) is 25.0 Å². The van der Waals surface area contributed by atoms with Crippen molar-refractivity contribution in [1.29, 1.82) is 0 Å². The van der Waals surface area contributed by atoms with Crippen molar-refractivity contribution >= 4 is 11.9 Å². The van der Waals surface area contributed by atoms with E-state index in [9.17, 15) is 14.7 Å². The molecule has 1 amide bonds. The molecule has 108 valence electrons. The Labute approximate surface area is 119 Å².